The van der Waals surface area contributed by atoms with Gasteiger partial charge in [0, 0.05) is 17.6 Å². The second kappa shape index (κ2) is 5.01. The first kappa shape index (κ1) is 13.3. The van der Waals surface area contributed by atoms with Crippen LogP contribution in [-0.2, 0) is 4.74 Å². The van der Waals surface area contributed by atoms with E-state index in [1.165, 1.54) is 13.2 Å². The summed E-state index contributed by atoms with van der Waals surface area (Å²) < 4.78 is 19.9. The number of hydrogen-bond donors (Lipinski definition) is 0. The molecule has 0 unspecified atom stereocenters. The monoisotopic (exact) mass is 284 g/mol. The third kappa shape index (κ3) is 2.27. The van der Waals surface area contributed by atoms with Crippen molar-refractivity contribution in [1.29, 1.82) is 0 Å². The summed E-state index contributed by atoms with van der Waals surface area (Å²) in [6, 6.07) is 6.70. The van der Waals surface area contributed by atoms with Crippen LogP contribution >= 0.6 is 0 Å². The molecule has 5 heteroatoms. The SMILES string of the molecule is COC(=O)c1ccc2c(c1)c(C)cn2-c1cncc(F)c1. The van der Waals surface area contributed by atoms with Crippen LogP contribution in [0, 0.1) is 12.7 Å². The Labute approximate surface area is 120 Å². The Balaban J connectivity index is 2.20. The van der Waals surface area contributed by atoms with Gasteiger partial charge in [-0.25, -0.2) is 9.18 Å². The summed E-state index contributed by atoms with van der Waals surface area (Å²) in [7, 11) is 1.35. The van der Waals surface area contributed by atoms with Gasteiger partial charge in [-0.05, 0) is 30.7 Å². The van der Waals surface area contributed by atoms with Crippen LogP contribution in [0.15, 0.2) is 42.9 Å². The summed E-state index contributed by atoms with van der Waals surface area (Å²) in [4.78, 5) is 15.5. The van der Waals surface area contributed by atoms with Crippen molar-refractivity contribution < 1.29 is 13.9 Å². The number of hydrogen-bond acceptors (Lipinski definition) is 3. The van der Waals surface area contributed by atoms with Gasteiger partial charge in [0.1, 0.15) is 5.82 Å². The zero-order valence-corrected chi connectivity index (χ0v) is 11.6. The van der Waals surface area contributed by atoms with Gasteiger partial charge in [0.25, 0.3) is 0 Å². The third-order valence-electron chi connectivity index (χ3n) is 3.39. The predicted octanol–water partition coefficient (Wildman–Crippen LogP) is 3.26. The van der Waals surface area contributed by atoms with E-state index in [2.05, 4.69) is 4.98 Å². The molecular formula is C16H13FN2O2. The Bertz CT molecular complexity index is 839. The first-order chi connectivity index (χ1) is 10.1. The minimum Gasteiger partial charge on any atom is -0.465 e. The van der Waals surface area contributed by atoms with Crippen molar-refractivity contribution in [1.82, 2.24) is 9.55 Å². The van der Waals surface area contributed by atoms with Gasteiger partial charge in [-0.2, -0.15) is 0 Å². The first-order valence-electron chi connectivity index (χ1n) is 6.41. The number of aromatic nitrogens is 2. The van der Waals surface area contributed by atoms with E-state index in [1.54, 1.807) is 18.3 Å². The van der Waals surface area contributed by atoms with E-state index in [4.69, 9.17) is 4.74 Å². The van der Waals surface area contributed by atoms with Gasteiger partial charge in [-0.1, -0.05) is 0 Å². The number of benzene rings is 1. The molecule has 1 aromatic carbocycles. The Morgan fingerprint density at radius 2 is 2.10 bits per heavy atom. The number of fused-ring (bicyclic) bond motifs is 1. The summed E-state index contributed by atoms with van der Waals surface area (Å²) in [5, 5.41) is 0.919. The summed E-state index contributed by atoms with van der Waals surface area (Å²) in [6.45, 7) is 1.94. The highest BCUT2D eigenvalue weighted by molar-refractivity contribution is 5.96. The molecule has 0 amide bonds. The Morgan fingerprint density at radius 1 is 1.29 bits per heavy atom. The molecule has 21 heavy (non-hydrogen) atoms. The lowest BCUT2D eigenvalue weighted by Crippen LogP contribution is -2.01. The largest absolute Gasteiger partial charge is 0.465 e. The molecule has 0 bridgehead atoms. The van der Waals surface area contributed by atoms with Crippen molar-refractivity contribution >= 4 is 16.9 Å². The number of esters is 1. The van der Waals surface area contributed by atoms with Crippen molar-refractivity contribution in [2.45, 2.75) is 6.92 Å². The lowest BCUT2D eigenvalue weighted by molar-refractivity contribution is 0.0601. The van der Waals surface area contributed by atoms with Gasteiger partial charge in [-0.15, -0.1) is 0 Å². The molecule has 0 N–H and O–H groups in total. The number of halogens is 1. The number of methoxy groups -OCH3 is 1. The van der Waals surface area contributed by atoms with Crippen LogP contribution in [0.25, 0.3) is 16.6 Å². The van der Waals surface area contributed by atoms with Crippen LogP contribution in [-0.4, -0.2) is 22.6 Å². The zero-order valence-electron chi connectivity index (χ0n) is 11.6. The highest BCUT2D eigenvalue weighted by Gasteiger charge is 2.12. The molecule has 3 aromatic rings. The molecule has 0 saturated carbocycles. The highest BCUT2D eigenvalue weighted by atomic mass is 19.1. The maximum atomic E-state index is 13.3. The second-order valence-corrected chi connectivity index (χ2v) is 4.77. The van der Waals surface area contributed by atoms with Gasteiger partial charge in [0.05, 0.1) is 36.3 Å². The van der Waals surface area contributed by atoms with Crippen LogP contribution in [0.5, 0.6) is 0 Å². The quantitative estimate of drug-likeness (QED) is 0.678. The van der Waals surface area contributed by atoms with Gasteiger partial charge >= 0.3 is 5.97 Å². The fraction of sp³-hybridized carbons (Fsp3) is 0.125. The maximum absolute atomic E-state index is 13.3. The molecule has 2 aromatic heterocycles. The molecule has 0 aliphatic carbocycles. The molecule has 2 heterocycles. The highest BCUT2D eigenvalue weighted by Crippen LogP contribution is 2.25. The Kier molecular flexibility index (Phi) is 3.17. The molecule has 0 aliphatic rings. The topological polar surface area (TPSA) is 44.1 Å². The number of carbonyl (C=O) groups excluding carboxylic acids is 1. The van der Waals surface area contributed by atoms with E-state index in [0.717, 1.165) is 22.7 Å². The molecule has 0 aliphatic heterocycles. The first-order valence-corrected chi connectivity index (χ1v) is 6.41. The normalized spacial score (nSPS) is 10.8. The van der Waals surface area contributed by atoms with Crippen LogP contribution < -0.4 is 0 Å². The minimum atomic E-state index is -0.391. The second-order valence-electron chi connectivity index (χ2n) is 4.77. The van der Waals surface area contributed by atoms with Gasteiger partial charge in [0.2, 0.25) is 0 Å². The molecule has 106 valence electrons. The summed E-state index contributed by atoms with van der Waals surface area (Å²) >= 11 is 0. The smallest absolute Gasteiger partial charge is 0.337 e. The number of aryl methyl sites for hydroxylation is 1. The summed E-state index contributed by atoms with van der Waals surface area (Å²) in [5.74, 6) is -0.769. The lowest BCUT2D eigenvalue weighted by Gasteiger charge is -2.05. The fourth-order valence-corrected chi connectivity index (χ4v) is 2.39. The van der Waals surface area contributed by atoms with Crippen molar-refractivity contribution in [3.8, 4) is 5.69 Å². The fourth-order valence-electron chi connectivity index (χ4n) is 2.39. The van der Waals surface area contributed by atoms with Crippen molar-refractivity contribution in [3.05, 3.63) is 59.8 Å². The number of rotatable bonds is 2. The number of nitrogens with zero attached hydrogens (tertiary/aromatic N) is 2. The van der Waals surface area contributed by atoms with E-state index in [-0.39, 0.29) is 5.97 Å². The Hall–Kier alpha value is -2.69. The molecule has 0 fully saturated rings. The van der Waals surface area contributed by atoms with Crippen LogP contribution in [0.4, 0.5) is 4.39 Å². The maximum Gasteiger partial charge on any atom is 0.337 e. The average molecular weight is 284 g/mol. The molecular weight excluding hydrogens is 271 g/mol. The molecule has 0 saturated heterocycles. The van der Waals surface area contributed by atoms with Gasteiger partial charge in [0.15, 0.2) is 0 Å². The number of ether oxygens (including phenoxy) is 1. The number of pyridine rings is 1. The lowest BCUT2D eigenvalue weighted by atomic mass is 10.1. The number of carbonyl (C=O) groups is 1. The predicted molar refractivity (Wildman–Crippen MR) is 77.1 cm³/mol. The molecule has 0 atom stereocenters. The summed E-state index contributed by atoms with van der Waals surface area (Å²) in [5.41, 5.74) is 3.00. The van der Waals surface area contributed by atoms with Gasteiger partial charge in [-0.3, -0.25) is 4.98 Å². The molecule has 0 spiro atoms. The van der Waals surface area contributed by atoms with Crippen LogP contribution in [0.2, 0.25) is 0 Å². The van der Waals surface area contributed by atoms with Crippen molar-refractivity contribution in [2.24, 2.45) is 0 Å². The molecule has 3 rings (SSSR count). The van der Waals surface area contributed by atoms with Gasteiger partial charge < -0.3 is 9.30 Å². The standard InChI is InChI=1S/C16H13FN2O2/c1-10-9-19(13-6-12(17)7-18-8-13)15-4-3-11(5-14(10)15)16(20)21-2/h3-9H,1-2H3. The van der Waals surface area contributed by atoms with Crippen molar-refractivity contribution in [3.63, 3.8) is 0 Å². The van der Waals surface area contributed by atoms with Crippen molar-refractivity contribution in [2.75, 3.05) is 7.11 Å². The van der Waals surface area contributed by atoms with E-state index in [0.29, 0.717) is 11.3 Å². The minimum absolute atomic E-state index is 0.378. The zero-order chi connectivity index (χ0) is 15.0. The van der Waals surface area contributed by atoms with E-state index >= 15 is 0 Å². The molecule has 0 radical (unpaired) electrons. The van der Waals surface area contributed by atoms with E-state index < -0.39 is 5.82 Å². The summed E-state index contributed by atoms with van der Waals surface area (Å²) in [6.07, 6.45) is 4.65. The van der Waals surface area contributed by atoms with E-state index in [1.807, 2.05) is 23.8 Å². The Morgan fingerprint density at radius 3 is 2.81 bits per heavy atom. The van der Waals surface area contributed by atoms with Crippen LogP contribution in [0.3, 0.4) is 0 Å². The average Bonchev–Trinajstić information content (AvgIpc) is 2.83. The molecule has 4 nitrogen and oxygen atoms in total. The van der Waals surface area contributed by atoms with Crippen LogP contribution in [0.1, 0.15) is 15.9 Å². The van der Waals surface area contributed by atoms with E-state index in [9.17, 15) is 9.18 Å². The third-order valence-corrected chi connectivity index (χ3v) is 3.39.